The number of thioether (sulfide) groups is 1. The lowest BCUT2D eigenvalue weighted by atomic mass is 9.71. The Labute approximate surface area is 443 Å². The minimum Gasteiger partial charge on any atom is -0.380 e. The molecule has 4 aliphatic rings. The molecular formula is C54H66ClF3N6O7S3. The summed E-state index contributed by atoms with van der Waals surface area (Å²) in [4.78, 5) is 33.1. The first kappa shape index (κ1) is 55.8. The summed E-state index contributed by atoms with van der Waals surface area (Å²) in [6.07, 6.45) is 7.19. The summed E-state index contributed by atoms with van der Waals surface area (Å²) in [5, 5.41) is 3.71. The molecule has 0 unspecified atom stereocenters. The molecule has 1 aliphatic carbocycles. The van der Waals surface area contributed by atoms with E-state index in [4.69, 9.17) is 16.3 Å². The highest BCUT2D eigenvalue weighted by atomic mass is 35.5. The van der Waals surface area contributed by atoms with Crippen molar-refractivity contribution in [1.29, 1.82) is 0 Å². The highest BCUT2D eigenvalue weighted by molar-refractivity contribution is 7.99. The number of rotatable bonds is 19. The number of benzene rings is 4. The fourth-order valence-corrected chi connectivity index (χ4v) is 13.7. The lowest BCUT2D eigenvalue weighted by molar-refractivity contribution is -0.112. The molecule has 0 spiro atoms. The molecule has 3 saturated heterocycles. The van der Waals surface area contributed by atoms with Crippen LogP contribution in [-0.4, -0.2) is 146 Å². The number of aldehydes is 1. The smallest absolute Gasteiger partial charge is 0.380 e. The number of ether oxygens (including phenoxy) is 1. The maximum Gasteiger partial charge on any atom is 0.501 e. The minimum absolute atomic E-state index is 0.0118. The molecule has 2 N–H and O–H groups in total. The Hall–Kier alpha value is -4.47. The van der Waals surface area contributed by atoms with Crippen LogP contribution in [-0.2, 0) is 29.4 Å². The molecule has 0 bridgehead atoms. The van der Waals surface area contributed by atoms with Crippen molar-refractivity contribution < 1.29 is 44.3 Å². The maximum absolute atomic E-state index is 14.3. The van der Waals surface area contributed by atoms with Crippen LogP contribution in [0, 0.1) is 11.3 Å². The summed E-state index contributed by atoms with van der Waals surface area (Å²) in [5.41, 5.74) is -1.23. The van der Waals surface area contributed by atoms with E-state index in [1.54, 1.807) is 12.1 Å². The molecule has 0 saturated carbocycles. The SMILES string of the molecule is C[C@@]1(CN2CCC(C=O)CC2)CCC(c2ccc(Cl)cc2)=C(CN2CCN(c3ccc(C(=O)NS(=O)(=O)c4ccc(N[C@H](CCN5CCCOCC5)CSc5ccccc5)c(S(=O)(=O)C(F)(F)F)c4)cc3)CC2)C1. The average molecular weight is 1100 g/mol. The zero-order valence-corrected chi connectivity index (χ0v) is 44.9. The number of hydrogen-bond acceptors (Lipinski definition) is 13. The van der Waals surface area contributed by atoms with Crippen molar-refractivity contribution in [3.05, 3.63) is 119 Å². The second-order valence-electron chi connectivity index (χ2n) is 20.2. The molecule has 20 heteroatoms. The van der Waals surface area contributed by atoms with Crippen LogP contribution in [0.5, 0.6) is 0 Å². The molecule has 3 aliphatic heterocycles. The average Bonchev–Trinajstić information content (AvgIpc) is 3.67. The molecular weight excluding hydrogens is 1030 g/mol. The summed E-state index contributed by atoms with van der Waals surface area (Å²) in [7, 11) is -10.9. The van der Waals surface area contributed by atoms with E-state index in [1.807, 2.05) is 47.2 Å². The number of sulfonamides is 1. The van der Waals surface area contributed by atoms with Crippen LogP contribution >= 0.6 is 23.4 Å². The van der Waals surface area contributed by atoms with E-state index in [9.17, 15) is 39.6 Å². The number of sulfone groups is 1. The molecule has 2 atom stereocenters. The number of alkyl halides is 3. The topological polar surface area (TPSA) is 149 Å². The van der Waals surface area contributed by atoms with E-state index in [0.717, 1.165) is 113 Å². The minimum atomic E-state index is -6.07. The van der Waals surface area contributed by atoms with Gasteiger partial charge in [-0.3, -0.25) is 9.69 Å². The Morgan fingerprint density at radius 3 is 2.27 bits per heavy atom. The van der Waals surface area contributed by atoms with Crippen LogP contribution in [0.4, 0.5) is 24.5 Å². The lowest BCUT2D eigenvalue weighted by Crippen LogP contribution is -2.48. The molecule has 3 fully saturated rings. The zero-order valence-electron chi connectivity index (χ0n) is 41.7. The number of carbonyl (C=O) groups is 2. The van der Waals surface area contributed by atoms with Crippen molar-refractivity contribution in [1.82, 2.24) is 19.4 Å². The van der Waals surface area contributed by atoms with Gasteiger partial charge in [0.15, 0.2) is 0 Å². The summed E-state index contributed by atoms with van der Waals surface area (Å²) in [6.45, 7) is 12.3. The third-order valence-corrected chi connectivity index (χ3v) is 19.0. The molecule has 400 valence electrons. The standard InChI is InChI=1S/C54H66ClF3N6O7S3/c1-53(39-63-24-19-40(37-65)20-25-63)22-18-49(41-8-12-44(55)13-9-41)43(35-53)36-62-27-29-64(30-28-62)46-14-10-42(11-15-46)52(66)60-74(69,70)48-16-17-50(51(34-48)73(67,68)54(56,57)58)59-45(38-72-47-6-3-2-4-7-47)21-26-61-23-5-32-71-33-31-61/h2-4,6-17,34,37,40,45,59H,5,18-33,35-36,38-39H2,1H3,(H,60,66)/t45-,53-/m1/s1. The number of nitrogens with one attached hydrogen (secondary N) is 2. The van der Waals surface area contributed by atoms with Crippen molar-refractivity contribution in [3.8, 4) is 0 Å². The van der Waals surface area contributed by atoms with Crippen LogP contribution in [0.15, 0.2) is 117 Å². The Morgan fingerprint density at radius 2 is 1.58 bits per heavy atom. The molecule has 3 heterocycles. The Kier molecular flexibility index (Phi) is 18.6. The van der Waals surface area contributed by atoms with Crippen molar-refractivity contribution >= 4 is 72.4 Å². The van der Waals surface area contributed by atoms with E-state index >= 15 is 0 Å². The lowest BCUT2D eigenvalue weighted by Gasteiger charge is -2.43. The molecule has 8 rings (SSSR count). The third-order valence-electron chi connectivity index (χ3n) is 14.7. The summed E-state index contributed by atoms with van der Waals surface area (Å²) >= 11 is 7.74. The molecule has 0 aromatic heterocycles. The largest absolute Gasteiger partial charge is 0.501 e. The van der Waals surface area contributed by atoms with E-state index < -0.39 is 52.8 Å². The molecule has 13 nitrogen and oxygen atoms in total. The van der Waals surface area contributed by atoms with Gasteiger partial charge in [0.1, 0.15) is 11.2 Å². The van der Waals surface area contributed by atoms with E-state index in [1.165, 1.54) is 40.6 Å². The van der Waals surface area contributed by atoms with Gasteiger partial charge >= 0.3 is 5.51 Å². The van der Waals surface area contributed by atoms with Gasteiger partial charge in [-0.15, -0.1) is 11.8 Å². The predicted molar refractivity (Wildman–Crippen MR) is 286 cm³/mol. The summed E-state index contributed by atoms with van der Waals surface area (Å²) in [6, 6.07) is 25.8. The molecule has 4 aromatic carbocycles. The van der Waals surface area contributed by atoms with E-state index in [2.05, 4.69) is 44.0 Å². The number of hydrogen-bond donors (Lipinski definition) is 2. The third kappa shape index (κ3) is 14.5. The molecule has 74 heavy (non-hydrogen) atoms. The normalized spacial score (nSPS) is 20.7. The van der Waals surface area contributed by atoms with Gasteiger partial charge < -0.3 is 29.5 Å². The van der Waals surface area contributed by atoms with Gasteiger partial charge in [-0.25, -0.2) is 21.6 Å². The molecule has 1 amide bonds. The number of halogens is 4. The van der Waals surface area contributed by atoms with Crippen LogP contribution in [0.1, 0.15) is 67.8 Å². The van der Waals surface area contributed by atoms with Crippen molar-refractivity contribution in [2.45, 2.75) is 78.1 Å². The number of anilines is 2. The zero-order chi connectivity index (χ0) is 52.5. The van der Waals surface area contributed by atoms with Gasteiger partial charge in [-0.05, 0) is 141 Å². The van der Waals surface area contributed by atoms with Gasteiger partial charge in [-0.1, -0.05) is 54.4 Å². The number of carbonyl (C=O) groups excluding carboxylic acids is 2. The van der Waals surface area contributed by atoms with Gasteiger partial charge in [0.25, 0.3) is 25.8 Å². The maximum atomic E-state index is 14.3. The first-order chi connectivity index (χ1) is 35.4. The summed E-state index contributed by atoms with van der Waals surface area (Å²) < 4.78 is 104. The Bertz CT molecular complexity index is 2800. The highest BCUT2D eigenvalue weighted by Gasteiger charge is 2.48. The Balaban J connectivity index is 0.917. The van der Waals surface area contributed by atoms with Crippen LogP contribution in [0.25, 0.3) is 5.57 Å². The highest BCUT2D eigenvalue weighted by Crippen LogP contribution is 2.44. The van der Waals surface area contributed by atoms with Crippen molar-refractivity contribution in [2.24, 2.45) is 11.3 Å². The number of likely N-dealkylation sites (tertiary alicyclic amines) is 1. The van der Waals surface area contributed by atoms with Crippen LogP contribution < -0.4 is 14.9 Å². The fraction of sp³-hybridized carbons (Fsp3) is 0.481. The second-order valence-corrected chi connectivity index (χ2v) is 25.4. The van der Waals surface area contributed by atoms with E-state index in [0.29, 0.717) is 62.7 Å². The molecule has 0 radical (unpaired) electrons. The van der Waals surface area contributed by atoms with Crippen molar-refractivity contribution in [2.75, 3.05) is 101 Å². The van der Waals surface area contributed by atoms with Gasteiger partial charge in [-0.2, -0.15) is 13.2 Å². The fourth-order valence-electron chi connectivity index (χ4n) is 10.5. The van der Waals surface area contributed by atoms with Gasteiger partial charge in [0.05, 0.1) is 17.2 Å². The second kappa shape index (κ2) is 24.7. The summed E-state index contributed by atoms with van der Waals surface area (Å²) in [5.74, 6) is -0.511. The van der Waals surface area contributed by atoms with Gasteiger partial charge in [0, 0.05) is 104 Å². The quantitative estimate of drug-likeness (QED) is 0.0680. The van der Waals surface area contributed by atoms with Gasteiger partial charge in [0.2, 0.25) is 0 Å². The number of piperazine rings is 1. The first-order valence-electron chi connectivity index (χ1n) is 25.4. The number of amides is 1. The first-order valence-corrected chi connectivity index (χ1v) is 29.7. The van der Waals surface area contributed by atoms with Crippen LogP contribution in [0.3, 0.4) is 0 Å². The Morgan fingerprint density at radius 1 is 0.865 bits per heavy atom. The van der Waals surface area contributed by atoms with E-state index in [-0.39, 0.29) is 16.9 Å². The number of piperidine rings is 1. The predicted octanol–water partition coefficient (Wildman–Crippen LogP) is 9.11. The molecule has 4 aromatic rings. The number of nitrogens with zero attached hydrogens (tertiary/aromatic N) is 4. The monoisotopic (exact) mass is 1100 g/mol. The van der Waals surface area contributed by atoms with Crippen LogP contribution in [0.2, 0.25) is 5.02 Å². The van der Waals surface area contributed by atoms with Crippen molar-refractivity contribution in [3.63, 3.8) is 0 Å². The number of allylic oxidation sites excluding steroid dienone is 1.